The number of nitrogens with one attached hydrogen (secondary N) is 1. The fourth-order valence-electron chi connectivity index (χ4n) is 2.35. The number of amides is 1. The van der Waals surface area contributed by atoms with Crippen LogP contribution in [-0.4, -0.2) is 24.8 Å². The molecule has 0 aromatic heterocycles. The molecule has 2 atom stereocenters. The van der Waals surface area contributed by atoms with Crippen LogP contribution in [0.4, 0.5) is 4.79 Å². The molecule has 114 valence electrons. The van der Waals surface area contributed by atoms with Gasteiger partial charge in [-0.25, -0.2) is 4.79 Å². The Hall–Kier alpha value is -2.33. The van der Waals surface area contributed by atoms with E-state index in [2.05, 4.69) is 5.32 Å². The van der Waals surface area contributed by atoms with Crippen molar-refractivity contribution in [1.29, 1.82) is 0 Å². The predicted molar refractivity (Wildman–Crippen MR) is 83.4 cm³/mol. The molecular weight excluding hydrogens is 278 g/mol. The molecule has 4 nitrogen and oxygen atoms in total. The summed E-state index contributed by atoms with van der Waals surface area (Å²) in [5, 5.41) is 2.91. The molecule has 3 rings (SSSR count). The Morgan fingerprint density at radius 3 is 2.27 bits per heavy atom. The molecule has 2 aromatic rings. The van der Waals surface area contributed by atoms with Gasteiger partial charge in [0.1, 0.15) is 12.7 Å². The second-order valence-corrected chi connectivity index (χ2v) is 5.37. The Kier molecular flexibility index (Phi) is 4.71. The maximum Gasteiger partial charge on any atom is 0.407 e. The maximum atomic E-state index is 12.0. The summed E-state index contributed by atoms with van der Waals surface area (Å²) in [6.07, 6.45) is 0.427. The predicted octanol–water partition coefficient (Wildman–Crippen LogP) is 2.92. The van der Waals surface area contributed by atoms with Gasteiger partial charge in [-0.2, -0.15) is 0 Å². The van der Waals surface area contributed by atoms with Crippen molar-refractivity contribution in [2.45, 2.75) is 25.2 Å². The SMILES string of the molecule is O=C(NC(Cc1ccccc1)[C@H]1CO1)OCc1ccccc1. The number of carbonyl (C=O) groups is 1. The van der Waals surface area contributed by atoms with Crippen molar-refractivity contribution >= 4 is 6.09 Å². The van der Waals surface area contributed by atoms with Crippen LogP contribution in [0, 0.1) is 0 Å². The van der Waals surface area contributed by atoms with Crippen LogP contribution >= 0.6 is 0 Å². The van der Waals surface area contributed by atoms with E-state index in [4.69, 9.17) is 9.47 Å². The second kappa shape index (κ2) is 7.09. The molecule has 1 aliphatic rings. The zero-order valence-corrected chi connectivity index (χ0v) is 12.3. The molecule has 1 unspecified atom stereocenters. The van der Waals surface area contributed by atoms with Gasteiger partial charge in [0, 0.05) is 0 Å². The Morgan fingerprint density at radius 2 is 1.68 bits per heavy atom. The number of ether oxygens (including phenoxy) is 2. The van der Waals surface area contributed by atoms with Gasteiger partial charge in [0.25, 0.3) is 0 Å². The molecule has 2 aromatic carbocycles. The van der Waals surface area contributed by atoms with Gasteiger partial charge in [-0.05, 0) is 17.5 Å². The summed E-state index contributed by atoms with van der Waals surface area (Å²) >= 11 is 0. The topological polar surface area (TPSA) is 50.9 Å². The Morgan fingerprint density at radius 1 is 1.09 bits per heavy atom. The van der Waals surface area contributed by atoms with Crippen LogP contribution in [0.5, 0.6) is 0 Å². The quantitative estimate of drug-likeness (QED) is 0.834. The van der Waals surface area contributed by atoms with E-state index in [1.54, 1.807) is 0 Å². The minimum Gasteiger partial charge on any atom is -0.445 e. The molecule has 4 heteroatoms. The zero-order chi connectivity index (χ0) is 15.2. The molecule has 0 saturated carbocycles. The number of hydrogen-bond donors (Lipinski definition) is 1. The summed E-state index contributed by atoms with van der Waals surface area (Å²) in [4.78, 5) is 12.0. The highest BCUT2D eigenvalue weighted by Crippen LogP contribution is 2.18. The molecule has 1 saturated heterocycles. The molecule has 1 amide bonds. The number of hydrogen-bond acceptors (Lipinski definition) is 3. The zero-order valence-electron chi connectivity index (χ0n) is 12.3. The number of rotatable bonds is 6. The molecule has 0 aliphatic carbocycles. The summed E-state index contributed by atoms with van der Waals surface area (Å²) in [6.45, 7) is 0.965. The number of carbonyl (C=O) groups excluding carboxylic acids is 1. The van der Waals surface area contributed by atoms with Crippen LogP contribution in [0.15, 0.2) is 60.7 Å². The van der Waals surface area contributed by atoms with E-state index in [1.165, 1.54) is 5.56 Å². The molecule has 1 fully saturated rings. The lowest BCUT2D eigenvalue weighted by molar-refractivity contribution is 0.133. The van der Waals surface area contributed by atoms with Gasteiger partial charge >= 0.3 is 6.09 Å². The summed E-state index contributed by atoms with van der Waals surface area (Å²) in [5.74, 6) is 0. The van der Waals surface area contributed by atoms with Gasteiger partial charge in [0.2, 0.25) is 0 Å². The van der Waals surface area contributed by atoms with Gasteiger partial charge < -0.3 is 14.8 Å². The fraction of sp³-hybridized carbons (Fsp3) is 0.278. The Labute approximate surface area is 130 Å². The van der Waals surface area contributed by atoms with Crippen molar-refractivity contribution in [2.24, 2.45) is 0 Å². The average molecular weight is 297 g/mol. The minimum atomic E-state index is -0.403. The summed E-state index contributed by atoms with van der Waals surface area (Å²) in [5.41, 5.74) is 2.14. The van der Waals surface area contributed by atoms with Gasteiger partial charge in [0.05, 0.1) is 12.6 Å². The molecule has 1 heterocycles. The fourth-order valence-corrected chi connectivity index (χ4v) is 2.35. The molecular formula is C18H19NO3. The first-order valence-electron chi connectivity index (χ1n) is 7.44. The largest absolute Gasteiger partial charge is 0.445 e. The van der Waals surface area contributed by atoms with E-state index in [0.717, 1.165) is 12.0 Å². The molecule has 1 N–H and O–H groups in total. The third-order valence-corrected chi connectivity index (χ3v) is 3.62. The van der Waals surface area contributed by atoms with Gasteiger partial charge in [-0.3, -0.25) is 0 Å². The van der Waals surface area contributed by atoms with Crippen LogP contribution in [0.1, 0.15) is 11.1 Å². The Balaban J connectivity index is 1.51. The van der Waals surface area contributed by atoms with Crippen LogP contribution in [-0.2, 0) is 22.5 Å². The van der Waals surface area contributed by atoms with Crippen LogP contribution < -0.4 is 5.32 Å². The lowest BCUT2D eigenvalue weighted by atomic mass is 10.0. The summed E-state index contributed by atoms with van der Waals surface area (Å²) < 4.78 is 10.6. The number of benzene rings is 2. The lowest BCUT2D eigenvalue weighted by Crippen LogP contribution is -2.40. The van der Waals surface area contributed by atoms with E-state index in [1.807, 2.05) is 60.7 Å². The van der Waals surface area contributed by atoms with Crippen molar-refractivity contribution in [3.05, 3.63) is 71.8 Å². The van der Waals surface area contributed by atoms with Crippen molar-refractivity contribution in [3.8, 4) is 0 Å². The lowest BCUT2D eigenvalue weighted by Gasteiger charge is -2.16. The molecule has 1 aliphatic heterocycles. The van der Waals surface area contributed by atoms with Gasteiger partial charge in [0.15, 0.2) is 0 Å². The van der Waals surface area contributed by atoms with Crippen molar-refractivity contribution < 1.29 is 14.3 Å². The highest BCUT2D eigenvalue weighted by molar-refractivity contribution is 5.67. The summed E-state index contributed by atoms with van der Waals surface area (Å²) in [7, 11) is 0. The first kappa shape index (κ1) is 14.6. The third-order valence-electron chi connectivity index (χ3n) is 3.62. The van der Waals surface area contributed by atoms with Crippen LogP contribution in [0.2, 0.25) is 0 Å². The standard InChI is InChI=1S/C18H19NO3/c20-18(22-12-15-9-5-2-6-10-15)19-16(17-13-21-17)11-14-7-3-1-4-8-14/h1-10,16-17H,11-13H2,(H,19,20)/t16?,17-/m1/s1. The number of epoxide rings is 1. The highest BCUT2D eigenvalue weighted by atomic mass is 16.6. The first-order valence-corrected chi connectivity index (χ1v) is 7.44. The molecule has 0 radical (unpaired) electrons. The first-order chi connectivity index (χ1) is 10.8. The van der Waals surface area contributed by atoms with Crippen molar-refractivity contribution in [1.82, 2.24) is 5.32 Å². The van der Waals surface area contributed by atoms with Gasteiger partial charge in [-0.15, -0.1) is 0 Å². The smallest absolute Gasteiger partial charge is 0.407 e. The normalized spacial score (nSPS) is 17.5. The Bertz CT molecular complexity index is 596. The van der Waals surface area contributed by atoms with Crippen LogP contribution in [0.3, 0.4) is 0 Å². The maximum absolute atomic E-state index is 12.0. The molecule has 0 spiro atoms. The molecule has 22 heavy (non-hydrogen) atoms. The van der Waals surface area contributed by atoms with Crippen molar-refractivity contribution in [3.63, 3.8) is 0 Å². The van der Waals surface area contributed by atoms with E-state index in [-0.39, 0.29) is 18.8 Å². The van der Waals surface area contributed by atoms with E-state index in [9.17, 15) is 4.79 Å². The monoisotopic (exact) mass is 297 g/mol. The molecule has 0 bridgehead atoms. The average Bonchev–Trinajstić information content (AvgIpc) is 3.39. The second-order valence-electron chi connectivity index (χ2n) is 5.37. The summed E-state index contributed by atoms with van der Waals surface area (Å²) in [6, 6.07) is 19.7. The van der Waals surface area contributed by atoms with E-state index < -0.39 is 6.09 Å². The third kappa shape index (κ3) is 4.33. The van der Waals surface area contributed by atoms with Crippen molar-refractivity contribution in [2.75, 3.05) is 6.61 Å². The van der Waals surface area contributed by atoms with E-state index in [0.29, 0.717) is 6.61 Å². The minimum absolute atomic E-state index is 0.0503. The van der Waals surface area contributed by atoms with Crippen LogP contribution in [0.25, 0.3) is 0 Å². The van der Waals surface area contributed by atoms with E-state index >= 15 is 0 Å². The highest BCUT2D eigenvalue weighted by Gasteiger charge is 2.34. The van der Waals surface area contributed by atoms with Gasteiger partial charge in [-0.1, -0.05) is 60.7 Å². The number of alkyl carbamates (subject to hydrolysis) is 1.